The zero-order chi connectivity index (χ0) is 39.3. The number of amides is 4. The molecule has 0 aromatic heterocycles. The first-order chi connectivity index (χ1) is 25.4. The van der Waals surface area contributed by atoms with Crippen molar-refractivity contribution in [3.63, 3.8) is 0 Å². The number of thioether (sulfide) groups is 1. The minimum Gasteiger partial charge on any atom is -0.379 e. The van der Waals surface area contributed by atoms with Crippen LogP contribution >= 0.6 is 11.8 Å². The standard InChI is InChI=1S/C38H63N3O11S/c1-29(38(48)40-32(4)34(44)27-30(2)37(47)39-28-53-25-11-7-8-12-31(3)42)26-33(43)15-18-50-20-22-52-24-23-51-21-19-49-17-10-6-5-9-16-41-35(45)13-14-36(41)46/h13-14,29-30,32H,5-12,15-28H2,1-4H3,(H,39,47)(H,40,48). The van der Waals surface area contributed by atoms with Crippen molar-refractivity contribution < 1.29 is 52.5 Å². The van der Waals surface area contributed by atoms with Crippen LogP contribution in [0.4, 0.5) is 0 Å². The highest BCUT2D eigenvalue weighted by molar-refractivity contribution is 7.99. The van der Waals surface area contributed by atoms with Gasteiger partial charge in [0.1, 0.15) is 11.6 Å². The van der Waals surface area contributed by atoms with Gasteiger partial charge in [-0.1, -0.05) is 33.1 Å². The third-order valence-electron chi connectivity index (χ3n) is 8.41. The Morgan fingerprint density at radius 1 is 0.660 bits per heavy atom. The van der Waals surface area contributed by atoms with Crippen molar-refractivity contribution in [2.75, 3.05) is 71.0 Å². The normalized spacial score (nSPS) is 14.3. The van der Waals surface area contributed by atoms with Gasteiger partial charge in [-0.15, -0.1) is 11.8 Å². The van der Waals surface area contributed by atoms with Crippen LogP contribution in [0.5, 0.6) is 0 Å². The molecule has 0 radical (unpaired) electrons. The summed E-state index contributed by atoms with van der Waals surface area (Å²) < 4.78 is 22.0. The molecule has 0 aromatic rings. The number of hydrogen-bond donors (Lipinski definition) is 2. The van der Waals surface area contributed by atoms with E-state index in [1.807, 2.05) is 0 Å². The third-order valence-corrected chi connectivity index (χ3v) is 9.33. The van der Waals surface area contributed by atoms with Crippen molar-refractivity contribution in [3.8, 4) is 0 Å². The van der Waals surface area contributed by atoms with Crippen LogP contribution in [-0.2, 0) is 52.5 Å². The Morgan fingerprint density at radius 2 is 1.21 bits per heavy atom. The second-order valence-electron chi connectivity index (χ2n) is 13.3. The van der Waals surface area contributed by atoms with Gasteiger partial charge in [-0.25, -0.2) is 0 Å². The predicted molar refractivity (Wildman–Crippen MR) is 202 cm³/mol. The van der Waals surface area contributed by atoms with Gasteiger partial charge < -0.3 is 34.4 Å². The molecule has 3 atom stereocenters. The molecular formula is C38H63N3O11S. The van der Waals surface area contributed by atoms with E-state index in [0.717, 1.165) is 50.7 Å². The molecule has 0 saturated carbocycles. The van der Waals surface area contributed by atoms with Crippen molar-refractivity contribution in [1.82, 2.24) is 15.5 Å². The van der Waals surface area contributed by atoms with E-state index in [2.05, 4.69) is 10.6 Å². The van der Waals surface area contributed by atoms with Crippen molar-refractivity contribution in [3.05, 3.63) is 12.2 Å². The van der Waals surface area contributed by atoms with Gasteiger partial charge in [-0.05, 0) is 45.3 Å². The number of carbonyl (C=O) groups is 7. The van der Waals surface area contributed by atoms with E-state index in [-0.39, 0.29) is 60.9 Å². The van der Waals surface area contributed by atoms with E-state index in [1.165, 1.54) is 17.1 Å². The molecule has 0 saturated heterocycles. The Bertz CT molecular complexity index is 1150. The molecule has 2 N–H and O–H groups in total. The Labute approximate surface area is 319 Å². The van der Waals surface area contributed by atoms with Crippen LogP contribution in [0.2, 0.25) is 0 Å². The van der Waals surface area contributed by atoms with E-state index in [4.69, 9.17) is 18.9 Å². The maximum Gasteiger partial charge on any atom is 0.253 e. The van der Waals surface area contributed by atoms with Crippen molar-refractivity contribution in [1.29, 1.82) is 0 Å². The number of nitrogens with zero attached hydrogens (tertiary/aromatic N) is 1. The number of Topliss-reactive ketones (excluding diaryl/α,β-unsaturated/α-hetero) is 3. The molecule has 15 heteroatoms. The molecule has 302 valence electrons. The summed E-state index contributed by atoms with van der Waals surface area (Å²) in [6.07, 6.45) is 9.83. The number of nitrogens with one attached hydrogen (secondary N) is 2. The number of imide groups is 1. The average Bonchev–Trinajstić information content (AvgIpc) is 3.44. The highest BCUT2D eigenvalue weighted by Gasteiger charge is 2.25. The molecule has 4 amide bonds. The molecule has 1 heterocycles. The van der Waals surface area contributed by atoms with E-state index in [9.17, 15) is 33.6 Å². The quantitative estimate of drug-likeness (QED) is 0.0544. The molecule has 0 aromatic carbocycles. The first-order valence-corrected chi connectivity index (χ1v) is 20.1. The van der Waals surface area contributed by atoms with Crippen LogP contribution in [0, 0.1) is 11.8 Å². The van der Waals surface area contributed by atoms with Crippen LogP contribution < -0.4 is 10.6 Å². The van der Waals surface area contributed by atoms with Gasteiger partial charge >= 0.3 is 0 Å². The molecule has 1 aliphatic rings. The minimum atomic E-state index is -0.776. The van der Waals surface area contributed by atoms with Crippen molar-refractivity contribution in [2.45, 2.75) is 104 Å². The summed E-state index contributed by atoms with van der Waals surface area (Å²) >= 11 is 1.60. The third kappa shape index (κ3) is 24.9. The molecule has 0 fully saturated rings. The number of ketones is 3. The van der Waals surface area contributed by atoms with Gasteiger partial charge in [-0.3, -0.25) is 33.7 Å². The highest BCUT2D eigenvalue weighted by atomic mass is 32.2. The van der Waals surface area contributed by atoms with Crippen molar-refractivity contribution >= 4 is 52.7 Å². The van der Waals surface area contributed by atoms with Gasteiger partial charge in [0.05, 0.1) is 58.2 Å². The maximum absolute atomic E-state index is 12.6. The molecule has 0 bridgehead atoms. The van der Waals surface area contributed by atoms with Gasteiger partial charge in [0, 0.05) is 62.8 Å². The van der Waals surface area contributed by atoms with E-state index < -0.39 is 23.8 Å². The lowest BCUT2D eigenvalue weighted by atomic mass is 9.98. The van der Waals surface area contributed by atoms with E-state index in [0.29, 0.717) is 65.1 Å². The second-order valence-corrected chi connectivity index (χ2v) is 14.4. The van der Waals surface area contributed by atoms with Gasteiger partial charge in [0.25, 0.3) is 11.8 Å². The molecular weight excluding hydrogens is 706 g/mol. The lowest BCUT2D eigenvalue weighted by molar-refractivity contribution is -0.137. The molecule has 3 unspecified atom stereocenters. The molecule has 0 spiro atoms. The predicted octanol–water partition coefficient (Wildman–Crippen LogP) is 3.58. The number of carbonyl (C=O) groups excluding carboxylic acids is 7. The number of rotatable bonds is 35. The summed E-state index contributed by atoms with van der Waals surface area (Å²) in [7, 11) is 0. The molecule has 0 aliphatic carbocycles. The SMILES string of the molecule is CC(=O)CCCCCSCNC(=O)C(C)CC(=O)C(C)NC(=O)C(C)CC(=O)CCOCCOCCOCCOCCCCCCN1C(=O)C=CC1=O. The van der Waals surface area contributed by atoms with E-state index >= 15 is 0 Å². The Morgan fingerprint density at radius 3 is 1.83 bits per heavy atom. The Balaban J connectivity index is 1.96. The smallest absolute Gasteiger partial charge is 0.253 e. The zero-order valence-corrected chi connectivity index (χ0v) is 33.1. The van der Waals surface area contributed by atoms with Crippen LogP contribution in [0.1, 0.15) is 98.3 Å². The number of hydrogen-bond acceptors (Lipinski definition) is 12. The minimum absolute atomic E-state index is 0.00214. The molecule has 1 rings (SSSR count). The highest BCUT2D eigenvalue weighted by Crippen LogP contribution is 2.11. The topological polar surface area (TPSA) is 184 Å². The zero-order valence-electron chi connectivity index (χ0n) is 32.3. The van der Waals surface area contributed by atoms with Crippen LogP contribution in [-0.4, -0.2) is 123 Å². The maximum atomic E-state index is 12.6. The fourth-order valence-electron chi connectivity index (χ4n) is 5.09. The van der Waals surface area contributed by atoms with Crippen LogP contribution in [0.15, 0.2) is 12.2 Å². The first-order valence-electron chi connectivity index (χ1n) is 19.0. The van der Waals surface area contributed by atoms with Gasteiger partial charge in [0.15, 0.2) is 5.78 Å². The summed E-state index contributed by atoms with van der Waals surface area (Å²) in [4.78, 5) is 85.2. The summed E-state index contributed by atoms with van der Waals surface area (Å²) in [5, 5.41) is 5.49. The fraction of sp³-hybridized carbons (Fsp3) is 0.763. The molecule has 1 aliphatic heterocycles. The summed E-state index contributed by atoms with van der Waals surface area (Å²) in [6.45, 7) is 10.3. The first kappa shape index (κ1) is 48.0. The summed E-state index contributed by atoms with van der Waals surface area (Å²) in [5.41, 5.74) is 0. The largest absolute Gasteiger partial charge is 0.379 e. The second kappa shape index (κ2) is 30.4. The Kier molecular flexibility index (Phi) is 27.5. The lowest BCUT2D eigenvalue weighted by Crippen LogP contribution is -2.43. The summed E-state index contributed by atoms with van der Waals surface area (Å²) in [5.74, 6) is -1.06. The monoisotopic (exact) mass is 769 g/mol. The van der Waals surface area contributed by atoms with Gasteiger partial charge in [-0.2, -0.15) is 0 Å². The molecule has 14 nitrogen and oxygen atoms in total. The van der Waals surface area contributed by atoms with Crippen LogP contribution in [0.25, 0.3) is 0 Å². The lowest BCUT2D eigenvalue weighted by Gasteiger charge is -2.18. The Hall–Kier alpha value is -2.98. The number of unbranched alkanes of at least 4 members (excludes halogenated alkanes) is 5. The average molecular weight is 770 g/mol. The summed E-state index contributed by atoms with van der Waals surface area (Å²) in [6, 6.07) is -0.776. The van der Waals surface area contributed by atoms with Crippen molar-refractivity contribution in [2.24, 2.45) is 11.8 Å². The van der Waals surface area contributed by atoms with Crippen LogP contribution in [0.3, 0.4) is 0 Å². The van der Waals surface area contributed by atoms with Gasteiger partial charge in [0.2, 0.25) is 11.8 Å². The molecule has 53 heavy (non-hydrogen) atoms. The van der Waals surface area contributed by atoms with E-state index in [1.54, 1.807) is 39.5 Å². The fourth-order valence-corrected chi connectivity index (χ4v) is 5.89. The number of ether oxygens (including phenoxy) is 4.